The number of rotatable bonds is 10. The maximum atomic E-state index is 5.86. The predicted octanol–water partition coefficient (Wildman–Crippen LogP) is 2.20. The van der Waals surface area contributed by atoms with E-state index < -0.39 is 0 Å². The van der Waals surface area contributed by atoms with Crippen LogP contribution < -0.4 is 11.1 Å². The van der Waals surface area contributed by atoms with Crippen molar-refractivity contribution in [3.05, 3.63) is 0 Å². The standard InChI is InChI=1S/C15H32N4/c1-3-10-19(11-4-2)12-6-9-17-15(16)18-13-14-7-5-8-14/h14H,3-13H2,1-2H3,(H3,16,17,18). The topological polar surface area (TPSA) is 53.6 Å². The normalized spacial score (nSPS) is 16.7. The first-order valence-electron chi connectivity index (χ1n) is 8.02. The molecular formula is C15H32N4. The molecule has 1 fully saturated rings. The molecule has 0 aromatic rings. The minimum absolute atomic E-state index is 0.629. The minimum Gasteiger partial charge on any atom is -0.370 e. The van der Waals surface area contributed by atoms with Crippen molar-refractivity contribution in [3.63, 3.8) is 0 Å². The van der Waals surface area contributed by atoms with Gasteiger partial charge in [-0.15, -0.1) is 0 Å². The van der Waals surface area contributed by atoms with Crippen molar-refractivity contribution in [2.75, 3.05) is 32.7 Å². The van der Waals surface area contributed by atoms with Crippen LogP contribution in [-0.2, 0) is 0 Å². The molecule has 19 heavy (non-hydrogen) atoms. The van der Waals surface area contributed by atoms with Gasteiger partial charge in [-0.1, -0.05) is 20.3 Å². The number of nitrogens with two attached hydrogens (primary N) is 1. The van der Waals surface area contributed by atoms with Gasteiger partial charge in [-0.05, 0) is 57.7 Å². The lowest BCUT2D eigenvalue weighted by Gasteiger charge is -2.23. The fraction of sp³-hybridized carbons (Fsp3) is 0.933. The number of guanidine groups is 1. The summed E-state index contributed by atoms with van der Waals surface area (Å²) in [6.45, 7) is 9.90. The third-order valence-corrected chi connectivity index (χ3v) is 3.78. The van der Waals surface area contributed by atoms with Crippen LogP contribution in [0.5, 0.6) is 0 Å². The summed E-state index contributed by atoms with van der Waals surface area (Å²) in [4.78, 5) is 6.94. The second kappa shape index (κ2) is 10.1. The minimum atomic E-state index is 0.629. The lowest BCUT2D eigenvalue weighted by Crippen LogP contribution is -2.35. The molecule has 0 aliphatic heterocycles. The molecule has 3 N–H and O–H groups in total. The quantitative estimate of drug-likeness (QED) is 0.363. The Morgan fingerprint density at radius 3 is 2.42 bits per heavy atom. The molecule has 1 saturated carbocycles. The van der Waals surface area contributed by atoms with Crippen molar-refractivity contribution in [1.29, 1.82) is 0 Å². The highest BCUT2D eigenvalue weighted by Crippen LogP contribution is 2.26. The highest BCUT2D eigenvalue weighted by molar-refractivity contribution is 5.77. The van der Waals surface area contributed by atoms with Gasteiger partial charge in [-0.2, -0.15) is 0 Å². The third-order valence-electron chi connectivity index (χ3n) is 3.78. The summed E-state index contributed by atoms with van der Waals surface area (Å²) in [6.07, 6.45) is 7.65. The first kappa shape index (κ1) is 16.3. The van der Waals surface area contributed by atoms with E-state index in [9.17, 15) is 0 Å². The first-order chi connectivity index (χ1) is 9.26. The van der Waals surface area contributed by atoms with Crippen LogP contribution in [0.15, 0.2) is 4.99 Å². The average molecular weight is 268 g/mol. The van der Waals surface area contributed by atoms with E-state index in [1.807, 2.05) is 0 Å². The van der Waals surface area contributed by atoms with E-state index in [0.717, 1.165) is 32.0 Å². The van der Waals surface area contributed by atoms with Gasteiger partial charge >= 0.3 is 0 Å². The van der Waals surface area contributed by atoms with Crippen molar-refractivity contribution >= 4 is 5.96 Å². The fourth-order valence-corrected chi connectivity index (χ4v) is 2.45. The molecule has 4 heteroatoms. The molecule has 0 radical (unpaired) electrons. The summed E-state index contributed by atoms with van der Waals surface area (Å²) >= 11 is 0. The Bertz CT molecular complexity index is 243. The number of nitrogens with one attached hydrogen (secondary N) is 1. The number of hydrogen-bond donors (Lipinski definition) is 2. The maximum absolute atomic E-state index is 5.86. The van der Waals surface area contributed by atoms with E-state index >= 15 is 0 Å². The zero-order valence-electron chi connectivity index (χ0n) is 12.8. The zero-order chi connectivity index (χ0) is 13.9. The Labute approximate surface area is 118 Å². The molecule has 0 amide bonds. The molecule has 112 valence electrons. The largest absolute Gasteiger partial charge is 0.370 e. The SMILES string of the molecule is CCCN(CCC)CCCNC(N)=NCC1CCC1. The molecular weight excluding hydrogens is 236 g/mol. The number of hydrogen-bond acceptors (Lipinski definition) is 2. The molecule has 0 spiro atoms. The van der Waals surface area contributed by atoms with Crippen molar-refractivity contribution < 1.29 is 0 Å². The van der Waals surface area contributed by atoms with Gasteiger partial charge in [-0.25, -0.2) is 0 Å². The van der Waals surface area contributed by atoms with Gasteiger partial charge in [0.25, 0.3) is 0 Å². The van der Waals surface area contributed by atoms with E-state index in [4.69, 9.17) is 5.73 Å². The van der Waals surface area contributed by atoms with Gasteiger partial charge in [0.05, 0.1) is 0 Å². The van der Waals surface area contributed by atoms with Crippen LogP contribution in [-0.4, -0.2) is 43.6 Å². The summed E-state index contributed by atoms with van der Waals surface area (Å²) in [5.41, 5.74) is 5.86. The molecule has 0 aromatic carbocycles. The molecule has 1 aliphatic carbocycles. The molecule has 0 unspecified atom stereocenters. The van der Waals surface area contributed by atoms with Gasteiger partial charge in [0.1, 0.15) is 0 Å². The molecule has 0 atom stereocenters. The summed E-state index contributed by atoms with van der Waals surface area (Å²) in [7, 11) is 0. The van der Waals surface area contributed by atoms with Crippen molar-refractivity contribution in [3.8, 4) is 0 Å². The summed E-state index contributed by atoms with van der Waals surface area (Å²) < 4.78 is 0. The highest BCUT2D eigenvalue weighted by Gasteiger charge is 2.16. The summed E-state index contributed by atoms with van der Waals surface area (Å²) in [5, 5.41) is 3.23. The molecule has 0 bridgehead atoms. The second-order valence-corrected chi connectivity index (χ2v) is 5.64. The second-order valence-electron chi connectivity index (χ2n) is 5.64. The van der Waals surface area contributed by atoms with E-state index in [2.05, 4.69) is 29.1 Å². The lowest BCUT2D eigenvalue weighted by atomic mass is 9.86. The lowest BCUT2D eigenvalue weighted by molar-refractivity contribution is 0.271. The molecule has 0 saturated heterocycles. The third kappa shape index (κ3) is 7.41. The van der Waals surface area contributed by atoms with Crippen LogP contribution in [0.4, 0.5) is 0 Å². The van der Waals surface area contributed by atoms with Crippen LogP contribution in [0.2, 0.25) is 0 Å². The Balaban J connectivity index is 2.04. The average Bonchev–Trinajstić information content (AvgIpc) is 2.33. The van der Waals surface area contributed by atoms with Crippen LogP contribution in [0.3, 0.4) is 0 Å². The fourth-order valence-electron chi connectivity index (χ4n) is 2.45. The van der Waals surface area contributed by atoms with Crippen LogP contribution in [0.1, 0.15) is 52.4 Å². The predicted molar refractivity (Wildman–Crippen MR) is 83.5 cm³/mol. The molecule has 4 nitrogen and oxygen atoms in total. The Kier molecular flexibility index (Phi) is 8.63. The van der Waals surface area contributed by atoms with Crippen molar-refractivity contribution in [1.82, 2.24) is 10.2 Å². The summed E-state index contributed by atoms with van der Waals surface area (Å²) in [5.74, 6) is 1.43. The van der Waals surface area contributed by atoms with Gasteiger partial charge in [0, 0.05) is 13.1 Å². The molecule has 0 aromatic heterocycles. The van der Waals surface area contributed by atoms with Crippen molar-refractivity contribution in [2.45, 2.75) is 52.4 Å². The van der Waals surface area contributed by atoms with Crippen LogP contribution in [0, 0.1) is 5.92 Å². The molecule has 1 aliphatic rings. The monoisotopic (exact) mass is 268 g/mol. The van der Waals surface area contributed by atoms with Gasteiger partial charge < -0.3 is 16.0 Å². The Hall–Kier alpha value is -0.770. The number of nitrogens with zero attached hydrogens (tertiary/aromatic N) is 2. The zero-order valence-corrected chi connectivity index (χ0v) is 12.8. The van der Waals surface area contributed by atoms with E-state index in [0.29, 0.717) is 5.96 Å². The Morgan fingerprint density at radius 2 is 1.89 bits per heavy atom. The molecule has 0 heterocycles. The smallest absolute Gasteiger partial charge is 0.188 e. The highest BCUT2D eigenvalue weighted by atomic mass is 15.1. The molecule has 1 rings (SSSR count). The van der Waals surface area contributed by atoms with Gasteiger partial charge in [0.2, 0.25) is 0 Å². The van der Waals surface area contributed by atoms with Gasteiger partial charge in [-0.3, -0.25) is 4.99 Å². The van der Waals surface area contributed by atoms with Crippen LogP contribution >= 0.6 is 0 Å². The first-order valence-corrected chi connectivity index (χ1v) is 8.02. The van der Waals surface area contributed by atoms with E-state index in [-0.39, 0.29) is 0 Å². The van der Waals surface area contributed by atoms with E-state index in [1.54, 1.807) is 0 Å². The summed E-state index contributed by atoms with van der Waals surface area (Å²) in [6, 6.07) is 0. The maximum Gasteiger partial charge on any atom is 0.188 e. The van der Waals surface area contributed by atoms with Crippen molar-refractivity contribution in [2.24, 2.45) is 16.6 Å². The Morgan fingerprint density at radius 1 is 1.21 bits per heavy atom. The van der Waals surface area contributed by atoms with Crippen LogP contribution in [0.25, 0.3) is 0 Å². The van der Waals surface area contributed by atoms with Gasteiger partial charge in [0.15, 0.2) is 5.96 Å². The van der Waals surface area contributed by atoms with E-state index in [1.165, 1.54) is 45.2 Å². The number of aliphatic imine (C=N–C) groups is 1.